The van der Waals surface area contributed by atoms with E-state index >= 15 is 0 Å². The van der Waals surface area contributed by atoms with E-state index in [1.54, 1.807) is 18.0 Å². The molecule has 0 unspecified atom stereocenters. The number of methoxy groups -OCH3 is 1. The van der Waals surface area contributed by atoms with Gasteiger partial charge >= 0.3 is 6.18 Å². The van der Waals surface area contributed by atoms with Crippen molar-refractivity contribution in [2.75, 3.05) is 7.11 Å². The van der Waals surface area contributed by atoms with Gasteiger partial charge < -0.3 is 9.47 Å². The van der Waals surface area contributed by atoms with E-state index in [0.717, 1.165) is 50.8 Å². The topological polar surface area (TPSA) is 62.1 Å². The first-order valence-electron chi connectivity index (χ1n) is 12.5. The zero-order valence-electron chi connectivity index (χ0n) is 21.4. The molecule has 0 saturated carbocycles. The van der Waals surface area contributed by atoms with Crippen molar-refractivity contribution in [3.05, 3.63) is 114 Å². The summed E-state index contributed by atoms with van der Waals surface area (Å²) in [7, 11) is 1.61. The van der Waals surface area contributed by atoms with E-state index in [9.17, 15) is 13.2 Å². The molecule has 0 radical (unpaired) electrons. The second-order valence-corrected chi connectivity index (χ2v) is 9.27. The fourth-order valence-corrected chi connectivity index (χ4v) is 4.62. The van der Waals surface area contributed by atoms with Gasteiger partial charge in [-0.05, 0) is 53.4 Å². The third-order valence-corrected chi connectivity index (χ3v) is 6.68. The fourth-order valence-electron chi connectivity index (χ4n) is 4.62. The van der Waals surface area contributed by atoms with E-state index in [1.807, 2.05) is 66.7 Å². The number of nitrogens with zero attached hydrogens (tertiary/aromatic N) is 4. The predicted octanol–water partition coefficient (Wildman–Crippen LogP) is 7.38. The van der Waals surface area contributed by atoms with Crippen LogP contribution in [0.4, 0.5) is 13.2 Å². The number of aromatic nitrogens is 4. The molecule has 0 atom stereocenters. The van der Waals surface area contributed by atoms with E-state index < -0.39 is 11.7 Å². The number of ether oxygens (including phenoxy) is 2. The standard InChI is InChI=1S/C31H23F3N4O2/c1-39-26-13-11-25(12-14-26)38-17-24(36-37-38)19-40-18-22-16-29(21-6-9-23(10-7-21)31(32,33)34)35-30-27-5-3-2-4-20(27)8-15-28(22)30/h2-17H,18-19H2,1H3. The first-order chi connectivity index (χ1) is 19.4. The molecule has 6 nitrogen and oxygen atoms in total. The first-order valence-corrected chi connectivity index (χ1v) is 12.5. The van der Waals surface area contributed by atoms with E-state index in [-0.39, 0.29) is 13.2 Å². The Morgan fingerprint density at radius 3 is 2.35 bits per heavy atom. The van der Waals surface area contributed by atoms with Crippen LogP contribution in [0.1, 0.15) is 16.8 Å². The van der Waals surface area contributed by atoms with Crippen molar-refractivity contribution in [2.45, 2.75) is 19.4 Å². The second kappa shape index (κ2) is 10.4. The molecule has 9 heteroatoms. The van der Waals surface area contributed by atoms with Crippen molar-refractivity contribution >= 4 is 21.7 Å². The van der Waals surface area contributed by atoms with Crippen LogP contribution in [0.5, 0.6) is 5.75 Å². The highest BCUT2D eigenvalue weighted by molar-refractivity contribution is 6.06. The maximum Gasteiger partial charge on any atom is 0.416 e. The lowest BCUT2D eigenvalue weighted by Crippen LogP contribution is -2.04. The van der Waals surface area contributed by atoms with Gasteiger partial charge in [0.25, 0.3) is 0 Å². The highest BCUT2D eigenvalue weighted by Crippen LogP contribution is 2.33. The minimum absolute atomic E-state index is 0.225. The van der Waals surface area contributed by atoms with Crippen LogP contribution in [-0.4, -0.2) is 27.1 Å². The van der Waals surface area contributed by atoms with Gasteiger partial charge in [0, 0.05) is 16.3 Å². The van der Waals surface area contributed by atoms with Crippen LogP contribution in [-0.2, 0) is 24.1 Å². The van der Waals surface area contributed by atoms with Gasteiger partial charge in [0.05, 0.1) is 49.0 Å². The Morgan fingerprint density at radius 1 is 0.825 bits per heavy atom. The van der Waals surface area contributed by atoms with Crippen LogP contribution in [0.3, 0.4) is 0 Å². The number of pyridine rings is 1. The van der Waals surface area contributed by atoms with E-state index in [1.165, 1.54) is 12.1 Å². The van der Waals surface area contributed by atoms with Crippen molar-refractivity contribution in [1.82, 2.24) is 20.0 Å². The zero-order valence-corrected chi connectivity index (χ0v) is 21.4. The summed E-state index contributed by atoms with van der Waals surface area (Å²) in [6.07, 6.45) is -2.60. The van der Waals surface area contributed by atoms with Crippen LogP contribution in [0.15, 0.2) is 97.2 Å². The minimum Gasteiger partial charge on any atom is -0.497 e. The van der Waals surface area contributed by atoms with Crippen LogP contribution in [0, 0.1) is 0 Å². The van der Waals surface area contributed by atoms with Crippen molar-refractivity contribution in [1.29, 1.82) is 0 Å². The Hall–Kier alpha value is -4.76. The zero-order chi connectivity index (χ0) is 27.7. The summed E-state index contributed by atoms with van der Waals surface area (Å²) in [4.78, 5) is 4.87. The summed E-state index contributed by atoms with van der Waals surface area (Å²) in [5, 5.41) is 11.3. The summed E-state index contributed by atoms with van der Waals surface area (Å²) in [5.41, 5.74) is 3.59. The van der Waals surface area contributed by atoms with Gasteiger partial charge in [-0.25, -0.2) is 9.67 Å². The largest absolute Gasteiger partial charge is 0.497 e. The summed E-state index contributed by atoms with van der Waals surface area (Å²) in [5.74, 6) is 0.750. The minimum atomic E-state index is -4.40. The average Bonchev–Trinajstić information content (AvgIpc) is 3.45. The van der Waals surface area contributed by atoms with Gasteiger partial charge in [0.1, 0.15) is 11.4 Å². The van der Waals surface area contributed by atoms with Crippen LogP contribution in [0.25, 0.3) is 38.6 Å². The molecule has 200 valence electrons. The highest BCUT2D eigenvalue weighted by Gasteiger charge is 2.30. The lowest BCUT2D eigenvalue weighted by Gasteiger charge is -2.13. The molecule has 0 spiro atoms. The van der Waals surface area contributed by atoms with Gasteiger partial charge in [0.15, 0.2) is 0 Å². The third-order valence-electron chi connectivity index (χ3n) is 6.68. The number of hydrogen-bond donors (Lipinski definition) is 0. The molecule has 0 fully saturated rings. The lowest BCUT2D eigenvalue weighted by atomic mass is 10.00. The van der Waals surface area contributed by atoms with Crippen molar-refractivity contribution < 1.29 is 22.6 Å². The summed E-state index contributed by atoms with van der Waals surface area (Å²) < 4.78 is 52.3. The summed E-state index contributed by atoms with van der Waals surface area (Å²) >= 11 is 0. The second-order valence-electron chi connectivity index (χ2n) is 9.27. The molecular formula is C31H23F3N4O2. The Labute approximate surface area is 227 Å². The molecule has 0 amide bonds. The normalized spacial score (nSPS) is 11.8. The Bertz CT molecular complexity index is 1800. The number of fused-ring (bicyclic) bond motifs is 3. The van der Waals surface area contributed by atoms with Gasteiger partial charge in [-0.15, -0.1) is 5.10 Å². The van der Waals surface area contributed by atoms with Crippen molar-refractivity contribution in [3.63, 3.8) is 0 Å². The molecule has 0 bridgehead atoms. The molecule has 2 aromatic heterocycles. The molecule has 2 heterocycles. The Balaban J connectivity index is 1.29. The lowest BCUT2D eigenvalue weighted by molar-refractivity contribution is -0.137. The van der Waals surface area contributed by atoms with Gasteiger partial charge in [0.2, 0.25) is 0 Å². The molecule has 6 rings (SSSR count). The third kappa shape index (κ3) is 5.11. The van der Waals surface area contributed by atoms with E-state index in [0.29, 0.717) is 17.0 Å². The average molecular weight is 541 g/mol. The van der Waals surface area contributed by atoms with Gasteiger partial charge in [-0.2, -0.15) is 13.2 Å². The molecular weight excluding hydrogens is 517 g/mol. The van der Waals surface area contributed by atoms with Crippen LogP contribution < -0.4 is 4.74 Å². The van der Waals surface area contributed by atoms with Crippen molar-refractivity contribution in [3.8, 4) is 22.7 Å². The van der Waals surface area contributed by atoms with E-state index in [2.05, 4.69) is 10.3 Å². The summed E-state index contributed by atoms with van der Waals surface area (Å²) in [6.45, 7) is 0.476. The van der Waals surface area contributed by atoms with Crippen LogP contribution >= 0.6 is 0 Å². The molecule has 40 heavy (non-hydrogen) atoms. The molecule has 0 saturated heterocycles. The molecule has 0 aliphatic heterocycles. The molecule has 0 aliphatic rings. The predicted molar refractivity (Wildman–Crippen MR) is 146 cm³/mol. The Morgan fingerprint density at radius 2 is 1.60 bits per heavy atom. The number of halogens is 3. The molecule has 4 aromatic carbocycles. The van der Waals surface area contributed by atoms with Gasteiger partial charge in [-0.3, -0.25) is 0 Å². The first kappa shape index (κ1) is 25.5. The quantitative estimate of drug-likeness (QED) is 0.198. The highest BCUT2D eigenvalue weighted by atomic mass is 19.4. The van der Waals surface area contributed by atoms with E-state index in [4.69, 9.17) is 14.5 Å². The maximum atomic E-state index is 13.1. The SMILES string of the molecule is COc1ccc(-n2cc(COCc3cc(-c4ccc(C(F)(F)F)cc4)nc4c3ccc3ccccc34)nn2)cc1. The maximum absolute atomic E-state index is 13.1. The monoisotopic (exact) mass is 540 g/mol. The smallest absolute Gasteiger partial charge is 0.416 e. The number of alkyl halides is 3. The Kier molecular flexibility index (Phi) is 6.65. The number of benzene rings is 4. The number of hydrogen-bond acceptors (Lipinski definition) is 5. The van der Waals surface area contributed by atoms with Crippen LogP contribution in [0.2, 0.25) is 0 Å². The fraction of sp³-hybridized carbons (Fsp3) is 0.129. The summed E-state index contributed by atoms with van der Waals surface area (Å²) in [6, 6.07) is 26.3. The van der Waals surface area contributed by atoms with Crippen molar-refractivity contribution in [2.24, 2.45) is 0 Å². The molecule has 0 aliphatic carbocycles. The molecule has 0 N–H and O–H groups in total. The van der Waals surface area contributed by atoms with Gasteiger partial charge in [-0.1, -0.05) is 53.7 Å². The molecule has 6 aromatic rings. The number of rotatable bonds is 7.